The van der Waals surface area contributed by atoms with Crippen molar-refractivity contribution in [2.45, 2.75) is 44.4 Å². The third-order valence-corrected chi connectivity index (χ3v) is 3.31. The van der Waals surface area contributed by atoms with Crippen LogP contribution in [0.25, 0.3) is 0 Å². The summed E-state index contributed by atoms with van der Waals surface area (Å²) in [5, 5.41) is 9.25. The molecule has 0 bridgehead atoms. The van der Waals surface area contributed by atoms with Crippen molar-refractivity contribution in [3.63, 3.8) is 0 Å². The first-order chi connectivity index (χ1) is 5.27. The third-order valence-electron chi connectivity index (χ3n) is 3.31. The molecule has 1 N–H and O–H groups in total. The van der Waals surface area contributed by atoms with Crippen LogP contribution in [0.2, 0.25) is 0 Å². The minimum absolute atomic E-state index is 0.591. The molecule has 3 unspecified atom stereocenters. The Hall–Kier alpha value is -0.110. The van der Waals surface area contributed by atoms with Gasteiger partial charge in [-0.15, -0.1) is 0 Å². The molecule has 4 atom stereocenters. The summed E-state index contributed by atoms with van der Waals surface area (Å²) in [5.41, 5.74) is 0. The maximum absolute atomic E-state index is 13.0. The Bertz CT molecular complexity index is 132. The molecule has 0 aliphatic heterocycles. The van der Waals surface area contributed by atoms with Gasteiger partial charge in [-0.25, -0.2) is 4.39 Å². The summed E-state index contributed by atoms with van der Waals surface area (Å²) in [6.07, 6.45) is 3.39. The smallest absolute Gasteiger partial charge is 0.126 e. The van der Waals surface area contributed by atoms with E-state index in [2.05, 4.69) is 0 Å². The molecule has 2 heteroatoms. The average Bonchev–Trinajstić information content (AvgIpc) is 2.36. The zero-order chi connectivity index (χ0) is 7.84. The Morgan fingerprint density at radius 3 is 2.45 bits per heavy atom. The Morgan fingerprint density at radius 2 is 1.73 bits per heavy atom. The van der Waals surface area contributed by atoms with Gasteiger partial charge in [0.15, 0.2) is 0 Å². The predicted molar refractivity (Wildman–Crippen MR) is 41.0 cm³/mol. The molecule has 0 aromatic heterocycles. The van der Waals surface area contributed by atoms with Crippen LogP contribution < -0.4 is 0 Å². The Labute approximate surface area is 66.6 Å². The molecule has 0 spiro atoms. The van der Waals surface area contributed by atoms with E-state index in [9.17, 15) is 9.50 Å². The second-order valence-electron chi connectivity index (χ2n) is 4.01. The van der Waals surface area contributed by atoms with Crippen LogP contribution in [-0.2, 0) is 0 Å². The number of fused-ring (bicyclic) bond motifs is 1. The molecule has 11 heavy (non-hydrogen) atoms. The molecule has 64 valence electrons. The first kappa shape index (κ1) is 7.53. The van der Waals surface area contributed by atoms with E-state index < -0.39 is 12.3 Å². The maximum Gasteiger partial charge on any atom is 0.126 e. The molecule has 0 aromatic rings. The van der Waals surface area contributed by atoms with Gasteiger partial charge in [-0.3, -0.25) is 0 Å². The molecular weight excluding hydrogens is 143 g/mol. The van der Waals surface area contributed by atoms with Crippen LogP contribution in [-0.4, -0.2) is 17.4 Å². The normalized spacial score (nSPS) is 50.7. The highest BCUT2D eigenvalue weighted by atomic mass is 19.1. The van der Waals surface area contributed by atoms with E-state index in [4.69, 9.17) is 0 Å². The first-order valence-electron chi connectivity index (χ1n) is 4.59. The molecule has 2 saturated carbocycles. The number of hydrogen-bond acceptors (Lipinski definition) is 1. The molecule has 2 rings (SSSR count). The predicted octanol–water partition coefficient (Wildman–Crippen LogP) is 1.90. The second kappa shape index (κ2) is 2.74. The lowest BCUT2D eigenvalue weighted by atomic mass is 9.79. The molecular formula is C9H15FO. The van der Waals surface area contributed by atoms with Crippen molar-refractivity contribution in [2.24, 2.45) is 11.8 Å². The second-order valence-corrected chi connectivity index (χ2v) is 4.01. The Balaban J connectivity index is 2.00. The standard InChI is InChI=1S/C9H15FO/c10-8-4-6-2-1-3-7(6)5-9(8)11/h6-9,11H,1-5H2/t6-,7?,8?,9?/m1/s1. The van der Waals surface area contributed by atoms with Crippen molar-refractivity contribution in [3.8, 4) is 0 Å². The zero-order valence-electron chi connectivity index (χ0n) is 6.67. The number of aliphatic hydroxyl groups excluding tert-OH is 1. The fourth-order valence-corrected chi connectivity index (χ4v) is 2.64. The van der Waals surface area contributed by atoms with E-state index in [1.54, 1.807) is 0 Å². The molecule has 0 heterocycles. The quantitative estimate of drug-likeness (QED) is 0.571. The topological polar surface area (TPSA) is 20.2 Å². The van der Waals surface area contributed by atoms with Gasteiger partial charge in [-0.2, -0.15) is 0 Å². The summed E-state index contributed by atoms with van der Waals surface area (Å²) in [4.78, 5) is 0. The molecule has 1 nitrogen and oxygen atoms in total. The van der Waals surface area contributed by atoms with Crippen LogP contribution in [0.4, 0.5) is 4.39 Å². The molecule has 0 radical (unpaired) electrons. The van der Waals surface area contributed by atoms with Crippen molar-refractivity contribution in [1.82, 2.24) is 0 Å². The molecule has 2 aliphatic rings. The zero-order valence-corrected chi connectivity index (χ0v) is 6.67. The monoisotopic (exact) mass is 158 g/mol. The van der Waals surface area contributed by atoms with Crippen LogP contribution in [0.1, 0.15) is 32.1 Å². The van der Waals surface area contributed by atoms with Gasteiger partial charge in [-0.1, -0.05) is 19.3 Å². The van der Waals surface area contributed by atoms with Gasteiger partial charge in [0.1, 0.15) is 6.17 Å². The van der Waals surface area contributed by atoms with E-state index in [0.717, 1.165) is 0 Å². The minimum atomic E-state index is -0.936. The number of rotatable bonds is 0. The Kier molecular flexibility index (Phi) is 1.88. The van der Waals surface area contributed by atoms with Crippen LogP contribution in [0.5, 0.6) is 0 Å². The number of hydrogen-bond donors (Lipinski definition) is 1. The van der Waals surface area contributed by atoms with Crippen molar-refractivity contribution in [3.05, 3.63) is 0 Å². The van der Waals surface area contributed by atoms with Crippen LogP contribution in [0.15, 0.2) is 0 Å². The van der Waals surface area contributed by atoms with Crippen LogP contribution in [0.3, 0.4) is 0 Å². The van der Waals surface area contributed by atoms with Gasteiger partial charge in [0, 0.05) is 0 Å². The average molecular weight is 158 g/mol. The van der Waals surface area contributed by atoms with Gasteiger partial charge in [-0.05, 0) is 24.7 Å². The summed E-state index contributed by atoms with van der Waals surface area (Å²) in [6, 6.07) is 0. The van der Waals surface area contributed by atoms with Gasteiger partial charge >= 0.3 is 0 Å². The maximum atomic E-state index is 13.0. The molecule has 0 aromatic carbocycles. The number of halogens is 1. The first-order valence-corrected chi connectivity index (χ1v) is 4.59. The van der Waals surface area contributed by atoms with Crippen molar-refractivity contribution in [2.75, 3.05) is 0 Å². The van der Waals surface area contributed by atoms with Gasteiger partial charge < -0.3 is 5.11 Å². The highest BCUT2D eigenvalue weighted by Crippen LogP contribution is 2.42. The van der Waals surface area contributed by atoms with E-state index in [-0.39, 0.29) is 0 Å². The van der Waals surface area contributed by atoms with E-state index in [1.165, 1.54) is 19.3 Å². The fraction of sp³-hybridized carbons (Fsp3) is 1.00. The largest absolute Gasteiger partial charge is 0.390 e. The van der Waals surface area contributed by atoms with E-state index in [1.807, 2.05) is 0 Å². The van der Waals surface area contributed by atoms with Gasteiger partial charge in [0.05, 0.1) is 6.10 Å². The lowest BCUT2D eigenvalue weighted by Gasteiger charge is -2.31. The van der Waals surface area contributed by atoms with Gasteiger partial charge in [0.25, 0.3) is 0 Å². The van der Waals surface area contributed by atoms with E-state index in [0.29, 0.717) is 24.7 Å². The van der Waals surface area contributed by atoms with E-state index >= 15 is 0 Å². The summed E-state index contributed by atoms with van der Waals surface area (Å²) in [5.74, 6) is 1.23. The molecule has 2 fully saturated rings. The minimum Gasteiger partial charge on any atom is -0.390 e. The molecule has 0 amide bonds. The van der Waals surface area contributed by atoms with Crippen molar-refractivity contribution in [1.29, 1.82) is 0 Å². The van der Waals surface area contributed by atoms with Crippen molar-refractivity contribution < 1.29 is 9.50 Å². The SMILES string of the molecule is OC1CC2CCC[C@@H]2CC1F. The van der Waals surface area contributed by atoms with Gasteiger partial charge in [0.2, 0.25) is 0 Å². The summed E-state index contributed by atoms with van der Waals surface area (Å²) in [7, 11) is 0. The summed E-state index contributed by atoms with van der Waals surface area (Å²) in [6.45, 7) is 0. The highest BCUT2D eigenvalue weighted by molar-refractivity contribution is 4.89. The number of alkyl halides is 1. The lowest BCUT2D eigenvalue weighted by Crippen LogP contribution is -2.34. The summed E-state index contributed by atoms with van der Waals surface area (Å²) < 4.78 is 13.0. The molecule has 2 aliphatic carbocycles. The molecule has 0 saturated heterocycles. The Morgan fingerprint density at radius 1 is 1.09 bits per heavy atom. The van der Waals surface area contributed by atoms with Crippen LogP contribution >= 0.6 is 0 Å². The summed E-state index contributed by atoms with van der Waals surface area (Å²) >= 11 is 0. The van der Waals surface area contributed by atoms with Crippen molar-refractivity contribution >= 4 is 0 Å². The third kappa shape index (κ3) is 1.28. The highest BCUT2D eigenvalue weighted by Gasteiger charge is 2.38. The fourth-order valence-electron chi connectivity index (χ4n) is 2.64. The number of aliphatic hydroxyl groups is 1. The lowest BCUT2D eigenvalue weighted by molar-refractivity contribution is 0.00436. The van der Waals surface area contributed by atoms with Crippen LogP contribution in [0, 0.1) is 11.8 Å².